The molecule has 0 aromatic heterocycles. The molecule has 0 saturated heterocycles. The summed E-state index contributed by atoms with van der Waals surface area (Å²) in [6, 6.07) is 13.0. The number of non-ortho nitro benzene ring substituents is 1. The molecule has 8 heteroatoms. The third-order valence-corrected chi connectivity index (χ3v) is 3.32. The Labute approximate surface area is 144 Å². The minimum atomic E-state index is -0.490. The van der Waals surface area contributed by atoms with E-state index in [4.69, 9.17) is 9.57 Å². The van der Waals surface area contributed by atoms with Crippen LogP contribution in [0.5, 0.6) is 5.75 Å². The number of benzene rings is 2. The van der Waals surface area contributed by atoms with Crippen molar-refractivity contribution in [2.24, 2.45) is 5.16 Å². The average Bonchev–Trinajstić information content (AvgIpc) is 2.64. The third-order valence-electron chi connectivity index (χ3n) is 3.32. The van der Waals surface area contributed by atoms with Gasteiger partial charge in [-0.25, -0.2) is 0 Å². The van der Waals surface area contributed by atoms with E-state index in [1.165, 1.54) is 26.3 Å². The molecule has 0 aliphatic heterocycles. The van der Waals surface area contributed by atoms with Crippen LogP contribution in [0, 0.1) is 10.1 Å². The van der Waals surface area contributed by atoms with Crippen molar-refractivity contribution >= 4 is 17.3 Å². The Balaban J connectivity index is 2.26. The van der Waals surface area contributed by atoms with Crippen molar-refractivity contribution in [2.45, 2.75) is 6.61 Å². The Hall–Kier alpha value is -3.42. The maximum absolute atomic E-state index is 12.0. The fraction of sp³-hybridized carbons (Fsp3) is 0.176. The molecule has 25 heavy (non-hydrogen) atoms. The van der Waals surface area contributed by atoms with Crippen LogP contribution >= 0.6 is 0 Å². The molecule has 0 atom stereocenters. The number of nitro groups is 1. The number of ether oxygens (including phenoxy) is 1. The van der Waals surface area contributed by atoms with E-state index in [2.05, 4.69) is 10.5 Å². The summed E-state index contributed by atoms with van der Waals surface area (Å²) in [5.41, 5.74) is 1.29. The minimum Gasteiger partial charge on any atom is -0.489 e. The van der Waals surface area contributed by atoms with Crippen molar-refractivity contribution in [1.29, 1.82) is 0 Å². The molecule has 0 saturated carbocycles. The van der Waals surface area contributed by atoms with Crippen LogP contribution in [0.3, 0.4) is 0 Å². The number of nitrogens with zero attached hydrogens (tertiary/aromatic N) is 2. The zero-order valence-electron chi connectivity index (χ0n) is 13.8. The molecule has 2 rings (SSSR count). The van der Waals surface area contributed by atoms with Crippen molar-refractivity contribution in [3.63, 3.8) is 0 Å². The van der Waals surface area contributed by atoms with Gasteiger partial charge in [0.05, 0.1) is 11.0 Å². The number of rotatable bonds is 7. The third kappa shape index (κ3) is 4.54. The number of nitro benzene ring substituents is 1. The summed E-state index contributed by atoms with van der Waals surface area (Å²) in [4.78, 5) is 27.1. The summed E-state index contributed by atoms with van der Waals surface area (Å²) in [5, 5.41) is 17.1. The quantitative estimate of drug-likeness (QED) is 0.472. The van der Waals surface area contributed by atoms with Crippen molar-refractivity contribution < 1.29 is 19.3 Å². The standard InChI is InChI=1S/C17H17N3O5/c1-18-17(21)16(19-24-2)15-9-4-3-6-12(15)11-25-14-8-5-7-13(10-14)20(22)23/h3-10H,11H2,1-2H3,(H,18,21)/b19-16+. The van der Waals surface area contributed by atoms with Crippen LogP contribution in [0.25, 0.3) is 0 Å². The number of likely N-dealkylation sites (N-methyl/N-ethyl adjacent to an activating group) is 1. The second kappa shape index (κ2) is 8.44. The van der Waals surface area contributed by atoms with Gasteiger partial charge in [0.15, 0.2) is 5.71 Å². The van der Waals surface area contributed by atoms with Gasteiger partial charge in [-0.1, -0.05) is 35.5 Å². The summed E-state index contributed by atoms with van der Waals surface area (Å²) in [6.07, 6.45) is 0. The topological polar surface area (TPSA) is 103 Å². The smallest absolute Gasteiger partial charge is 0.273 e. The van der Waals surface area contributed by atoms with Crippen molar-refractivity contribution in [2.75, 3.05) is 14.2 Å². The van der Waals surface area contributed by atoms with Gasteiger partial charge in [-0.05, 0) is 11.6 Å². The number of hydrogen-bond acceptors (Lipinski definition) is 6. The van der Waals surface area contributed by atoms with E-state index in [9.17, 15) is 14.9 Å². The van der Waals surface area contributed by atoms with Gasteiger partial charge in [-0.3, -0.25) is 14.9 Å². The summed E-state index contributed by atoms with van der Waals surface area (Å²) in [5.74, 6) is -0.0428. The van der Waals surface area contributed by atoms with E-state index in [0.717, 1.165) is 0 Å². The molecular formula is C17H17N3O5. The number of carbonyl (C=O) groups is 1. The Morgan fingerprint density at radius 2 is 2.00 bits per heavy atom. The predicted molar refractivity (Wildman–Crippen MR) is 91.5 cm³/mol. The highest BCUT2D eigenvalue weighted by molar-refractivity contribution is 6.45. The molecule has 0 radical (unpaired) electrons. The zero-order chi connectivity index (χ0) is 18.2. The molecule has 0 aliphatic rings. The first kappa shape index (κ1) is 17.9. The zero-order valence-corrected chi connectivity index (χ0v) is 13.8. The molecule has 2 aromatic rings. The molecule has 1 amide bonds. The second-order valence-electron chi connectivity index (χ2n) is 4.90. The van der Waals surface area contributed by atoms with E-state index >= 15 is 0 Å². The summed E-state index contributed by atoms with van der Waals surface area (Å²) in [7, 11) is 2.85. The molecule has 2 aromatic carbocycles. The monoisotopic (exact) mass is 343 g/mol. The molecule has 1 N–H and O–H groups in total. The van der Waals surface area contributed by atoms with E-state index in [-0.39, 0.29) is 18.0 Å². The van der Waals surface area contributed by atoms with E-state index in [1.807, 2.05) is 0 Å². The SMILES string of the molecule is CNC(=O)/C(=N/OC)c1ccccc1COc1cccc([N+](=O)[O-])c1. The summed E-state index contributed by atoms with van der Waals surface area (Å²) < 4.78 is 5.63. The molecule has 0 bridgehead atoms. The lowest BCUT2D eigenvalue weighted by molar-refractivity contribution is -0.384. The Bertz CT molecular complexity index is 804. The Morgan fingerprint density at radius 3 is 2.68 bits per heavy atom. The maximum Gasteiger partial charge on any atom is 0.273 e. The molecule has 0 aliphatic carbocycles. The van der Waals surface area contributed by atoms with Gasteiger partial charge in [0.25, 0.3) is 11.6 Å². The lowest BCUT2D eigenvalue weighted by atomic mass is 10.0. The minimum absolute atomic E-state index is 0.0576. The van der Waals surface area contributed by atoms with Gasteiger partial charge in [0.2, 0.25) is 0 Å². The lowest BCUT2D eigenvalue weighted by Crippen LogP contribution is -2.29. The largest absolute Gasteiger partial charge is 0.489 e. The van der Waals surface area contributed by atoms with E-state index < -0.39 is 10.8 Å². The molecule has 0 spiro atoms. The molecular weight excluding hydrogens is 326 g/mol. The highest BCUT2D eigenvalue weighted by Gasteiger charge is 2.17. The average molecular weight is 343 g/mol. The van der Waals surface area contributed by atoms with Crippen LogP contribution in [0.2, 0.25) is 0 Å². The first-order chi connectivity index (χ1) is 12.1. The maximum atomic E-state index is 12.0. The number of amides is 1. The fourth-order valence-electron chi connectivity index (χ4n) is 2.15. The molecule has 0 heterocycles. The van der Waals surface area contributed by atoms with Gasteiger partial charge >= 0.3 is 0 Å². The Kier molecular flexibility index (Phi) is 6.05. The number of oxime groups is 1. The van der Waals surface area contributed by atoms with Crippen LogP contribution in [0.1, 0.15) is 11.1 Å². The number of carbonyl (C=O) groups excluding carboxylic acids is 1. The van der Waals surface area contributed by atoms with Crippen LogP contribution < -0.4 is 10.1 Å². The summed E-state index contributed by atoms with van der Waals surface area (Å²) >= 11 is 0. The summed E-state index contributed by atoms with van der Waals surface area (Å²) in [6.45, 7) is 0.108. The van der Waals surface area contributed by atoms with Gasteiger partial charge in [0, 0.05) is 18.7 Å². The highest BCUT2D eigenvalue weighted by Crippen LogP contribution is 2.21. The number of hydrogen-bond donors (Lipinski definition) is 1. The van der Waals surface area contributed by atoms with E-state index in [0.29, 0.717) is 16.9 Å². The second-order valence-corrected chi connectivity index (χ2v) is 4.90. The van der Waals surface area contributed by atoms with Gasteiger partial charge < -0.3 is 14.9 Å². The predicted octanol–water partition coefficient (Wildman–Crippen LogP) is 2.27. The first-order valence-corrected chi connectivity index (χ1v) is 7.35. The normalized spacial score (nSPS) is 10.9. The van der Waals surface area contributed by atoms with Crippen molar-refractivity contribution in [1.82, 2.24) is 5.32 Å². The van der Waals surface area contributed by atoms with Crippen LogP contribution in [0.15, 0.2) is 53.7 Å². The van der Waals surface area contributed by atoms with Crippen molar-refractivity contribution in [3.8, 4) is 5.75 Å². The van der Waals surface area contributed by atoms with Gasteiger partial charge in [-0.15, -0.1) is 0 Å². The first-order valence-electron chi connectivity index (χ1n) is 7.35. The van der Waals surface area contributed by atoms with Gasteiger partial charge in [-0.2, -0.15) is 0 Å². The van der Waals surface area contributed by atoms with Crippen LogP contribution in [-0.4, -0.2) is 30.7 Å². The molecule has 0 fully saturated rings. The fourth-order valence-corrected chi connectivity index (χ4v) is 2.15. The Morgan fingerprint density at radius 1 is 1.24 bits per heavy atom. The van der Waals surface area contributed by atoms with Crippen molar-refractivity contribution in [3.05, 3.63) is 69.8 Å². The lowest BCUT2D eigenvalue weighted by Gasteiger charge is -2.12. The van der Waals surface area contributed by atoms with Crippen LogP contribution in [-0.2, 0) is 16.2 Å². The number of nitrogens with one attached hydrogen (secondary N) is 1. The van der Waals surface area contributed by atoms with E-state index in [1.54, 1.807) is 36.4 Å². The van der Waals surface area contributed by atoms with Gasteiger partial charge in [0.1, 0.15) is 19.5 Å². The highest BCUT2D eigenvalue weighted by atomic mass is 16.6. The molecule has 8 nitrogen and oxygen atoms in total. The van der Waals surface area contributed by atoms with Crippen LogP contribution in [0.4, 0.5) is 5.69 Å². The molecule has 0 unspecified atom stereocenters. The molecule has 130 valence electrons.